The molecule has 0 bridgehead atoms. The Hall–Kier alpha value is -2.96. The van der Waals surface area contributed by atoms with Gasteiger partial charge in [0.15, 0.2) is 0 Å². The van der Waals surface area contributed by atoms with Gasteiger partial charge in [0, 0.05) is 31.2 Å². The zero-order valence-corrected chi connectivity index (χ0v) is 13.5. The third-order valence-corrected chi connectivity index (χ3v) is 3.65. The first-order chi connectivity index (χ1) is 11.5. The average Bonchev–Trinajstić information content (AvgIpc) is 2.54. The van der Waals surface area contributed by atoms with Crippen molar-refractivity contribution >= 4 is 5.65 Å². The van der Waals surface area contributed by atoms with Gasteiger partial charge in [-0.1, -0.05) is 19.9 Å². The normalized spacial score (nSPS) is 11.3. The minimum Gasteiger partial charge on any atom is -0.309 e. The van der Waals surface area contributed by atoms with E-state index in [0.717, 1.165) is 0 Å². The molecule has 3 aromatic rings. The molecule has 0 aliphatic rings. The average molecular weight is 326 g/mol. The quantitative estimate of drug-likeness (QED) is 0.662. The molecule has 3 heterocycles. The number of fused-ring (bicyclic) bond motifs is 1. The molecule has 0 N–H and O–H groups in total. The molecule has 0 fully saturated rings. The molecule has 124 valence electrons. The molecule has 0 radical (unpaired) electrons. The molecule has 0 spiro atoms. The first kappa shape index (κ1) is 15.9. The first-order valence-electron chi connectivity index (χ1n) is 7.73. The van der Waals surface area contributed by atoms with Gasteiger partial charge in [0.05, 0.1) is 12.2 Å². The maximum atomic E-state index is 12.2. The summed E-state index contributed by atoms with van der Waals surface area (Å²) in [6.45, 7) is 4.52. The summed E-state index contributed by atoms with van der Waals surface area (Å²) in [6, 6.07) is 6.62. The number of pyridine rings is 1. The Morgan fingerprint density at radius 1 is 1.00 bits per heavy atom. The third-order valence-electron chi connectivity index (χ3n) is 3.65. The van der Waals surface area contributed by atoms with Gasteiger partial charge in [-0.3, -0.25) is 18.8 Å². The molecule has 0 atom stereocenters. The van der Waals surface area contributed by atoms with Crippen molar-refractivity contribution in [3.63, 3.8) is 0 Å². The molecule has 0 aromatic carbocycles. The maximum absolute atomic E-state index is 12.2. The van der Waals surface area contributed by atoms with E-state index in [-0.39, 0.29) is 18.0 Å². The highest BCUT2D eigenvalue weighted by Gasteiger charge is 2.08. The lowest BCUT2D eigenvalue weighted by Gasteiger charge is -2.10. The summed E-state index contributed by atoms with van der Waals surface area (Å²) < 4.78 is 4.11. The van der Waals surface area contributed by atoms with Crippen LogP contribution in [-0.2, 0) is 13.1 Å². The van der Waals surface area contributed by atoms with Gasteiger partial charge in [0.25, 0.3) is 5.56 Å². The standard InChI is InChI=1S/C17H18N4O3/c1-12(2)10-19-7-8-20(17(24)16(19)23)11-13-9-15(22)21-6-4-3-5-14(21)18-13/h3-9,12H,10-11H2,1-2H3. The number of rotatable bonds is 4. The van der Waals surface area contributed by atoms with Gasteiger partial charge in [-0.15, -0.1) is 0 Å². The molecule has 0 aliphatic carbocycles. The first-order valence-corrected chi connectivity index (χ1v) is 7.73. The molecule has 7 nitrogen and oxygen atoms in total. The van der Waals surface area contributed by atoms with E-state index < -0.39 is 11.1 Å². The van der Waals surface area contributed by atoms with E-state index in [1.54, 1.807) is 36.8 Å². The van der Waals surface area contributed by atoms with Gasteiger partial charge in [-0.05, 0) is 18.1 Å². The van der Waals surface area contributed by atoms with Gasteiger partial charge in [-0.25, -0.2) is 4.98 Å². The smallest absolute Gasteiger partial charge is 0.309 e. The summed E-state index contributed by atoms with van der Waals surface area (Å²) in [5.74, 6) is 0.264. The second-order valence-corrected chi connectivity index (χ2v) is 6.10. The van der Waals surface area contributed by atoms with Crippen LogP contribution in [0.2, 0.25) is 0 Å². The molecule has 0 unspecified atom stereocenters. The second kappa shape index (κ2) is 6.27. The van der Waals surface area contributed by atoms with E-state index in [9.17, 15) is 14.4 Å². The molecule has 0 amide bonds. The van der Waals surface area contributed by atoms with Gasteiger partial charge >= 0.3 is 11.1 Å². The van der Waals surface area contributed by atoms with Gasteiger partial charge in [0.2, 0.25) is 0 Å². The van der Waals surface area contributed by atoms with Crippen molar-refractivity contribution in [1.82, 2.24) is 18.5 Å². The highest BCUT2D eigenvalue weighted by molar-refractivity contribution is 5.38. The molecule has 3 aromatic heterocycles. The van der Waals surface area contributed by atoms with Crippen LogP contribution in [0.25, 0.3) is 5.65 Å². The molecule has 0 aliphatic heterocycles. The van der Waals surface area contributed by atoms with Crippen molar-refractivity contribution in [3.8, 4) is 0 Å². The molecule has 3 rings (SSSR count). The summed E-state index contributed by atoms with van der Waals surface area (Å²) >= 11 is 0. The lowest BCUT2D eigenvalue weighted by molar-refractivity contribution is 0.499. The minimum absolute atomic E-state index is 0.0806. The van der Waals surface area contributed by atoms with E-state index in [1.165, 1.54) is 19.6 Å². The summed E-state index contributed by atoms with van der Waals surface area (Å²) in [5.41, 5.74) is -0.468. The van der Waals surface area contributed by atoms with Crippen LogP contribution in [0.1, 0.15) is 19.5 Å². The number of aromatic nitrogens is 4. The van der Waals surface area contributed by atoms with E-state index in [0.29, 0.717) is 17.9 Å². The molecule has 0 saturated carbocycles. The summed E-state index contributed by atoms with van der Waals surface area (Å²) in [5, 5.41) is 0. The fraction of sp³-hybridized carbons (Fsp3) is 0.294. The molecular weight excluding hydrogens is 308 g/mol. The van der Waals surface area contributed by atoms with E-state index in [2.05, 4.69) is 4.98 Å². The summed E-state index contributed by atoms with van der Waals surface area (Å²) in [7, 11) is 0. The van der Waals surface area contributed by atoms with E-state index in [4.69, 9.17) is 0 Å². The van der Waals surface area contributed by atoms with Crippen molar-refractivity contribution < 1.29 is 0 Å². The Kier molecular flexibility index (Phi) is 4.16. The van der Waals surface area contributed by atoms with Crippen LogP contribution in [0.4, 0.5) is 0 Å². The lowest BCUT2D eigenvalue weighted by atomic mass is 10.2. The highest BCUT2D eigenvalue weighted by Crippen LogP contribution is 2.00. The van der Waals surface area contributed by atoms with E-state index in [1.807, 2.05) is 13.8 Å². The fourth-order valence-electron chi connectivity index (χ4n) is 2.56. The van der Waals surface area contributed by atoms with Crippen molar-refractivity contribution in [1.29, 1.82) is 0 Å². The van der Waals surface area contributed by atoms with Crippen molar-refractivity contribution in [3.05, 3.63) is 79.6 Å². The predicted molar refractivity (Wildman–Crippen MR) is 90.4 cm³/mol. The van der Waals surface area contributed by atoms with Gasteiger partial charge < -0.3 is 9.13 Å². The van der Waals surface area contributed by atoms with Crippen LogP contribution in [0, 0.1) is 5.92 Å². The summed E-state index contributed by atoms with van der Waals surface area (Å²) in [4.78, 5) is 40.8. The maximum Gasteiger partial charge on any atom is 0.316 e. The van der Waals surface area contributed by atoms with Crippen LogP contribution < -0.4 is 16.7 Å². The number of hydrogen-bond donors (Lipinski definition) is 0. The van der Waals surface area contributed by atoms with Gasteiger partial charge in [0.1, 0.15) is 5.65 Å². The largest absolute Gasteiger partial charge is 0.316 e. The van der Waals surface area contributed by atoms with Crippen molar-refractivity contribution in [2.45, 2.75) is 26.9 Å². The SMILES string of the molecule is CC(C)Cn1ccn(Cc2cc(=O)n3ccccc3n2)c(=O)c1=O. The Bertz CT molecular complexity index is 1060. The van der Waals surface area contributed by atoms with Crippen molar-refractivity contribution in [2.75, 3.05) is 0 Å². The van der Waals surface area contributed by atoms with Crippen LogP contribution in [0.3, 0.4) is 0 Å². The van der Waals surface area contributed by atoms with E-state index >= 15 is 0 Å². The summed E-state index contributed by atoms with van der Waals surface area (Å²) in [6.07, 6.45) is 4.78. The highest BCUT2D eigenvalue weighted by atomic mass is 16.2. The van der Waals surface area contributed by atoms with Crippen LogP contribution in [0.5, 0.6) is 0 Å². The fourth-order valence-corrected chi connectivity index (χ4v) is 2.56. The Labute approximate surface area is 137 Å². The van der Waals surface area contributed by atoms with Crippen LogP contribution in [0.15, 0.2) is 57.2 Å². The Balaban J connectivity index is 2.00. The number of hydrogen-bond acceptors (Lipinski definition) is 4. The second-order valence-electron chi connectivity index (χ2n) is 6.10. The third kappa shape index (κ3) is 3.05. The van der Waals surface area contributed by atoms with Crippen LogP contribution >= 0.6 is 0 Å². The predicted octanol–water partition coefficient (Wildman–Crippen LogP) is 0.722. The Morgan fingerprint density at radius 2 is 1.71 bits per heavy atom. The topological polar surface area (TPSA) is 78.4 Å². The zero-order valence-electron chi connectivity index (χ0n) is 13.5. The lowest BCUT2D eigenvalue weighted by Crippen LogP contribution is -2.41. The Morgan fingerprint density at radius 3 is 2.46 bits per heavy atom. The monoisotopic (exact) mass is 326 g/mol. The van der Waals surface area contributed by atoms with Gasteiger partial charge in [-0.2, -0.15) is 0 Å². The molecular formula is C17H18N4O3. The van der Waals surface area contributed by atoms with Crippen LogP contribution in [-0.4, -0.2) is 18.5 Å². The molecule has 24 heavy (non-hydrogen) atoms. The molecule has 7 heteroatoms. The molecule has 0 saturated heterocycles. The minimum atomic E-state index is -0.617. The number of nitrogens with zero attached hydrogens (tertiary/aromatic N) is 4. The zero-order chi connectivity index (χ0) is 17.3. The van der Waals surface area contributed by atoms with Crippen molar-refractivity contribution in [2.24, 2.45) is 5.92 Å².